The highest BCUT2D eigenvalue weighted by atomic mass is 15.1. The lowest BCUT2D eigenvalue weighted by Crippen LogP contribution is -2.04. The molecule has 5 nitrogen and oxygen atoms in total. The first-order valence-corrected chi connectivity index (χ1v) is 5.32. The van der Waals surface area contributed by atoms with Gasteiger partial charge in [-0.15, -0.1) is 0 Å². The van der Waals surface area contributed by atoms with Crippen LogP contribution in [0.2, 0.25) is 0 Å². The topological polar surface area (TPSA) is 69.6 Å². The zero-order valence-electron chi connectivity index (χ0n) is 9.11. The Morgan fingerprint density at radius 2 is 2.06 bits per heavy atom. The Kier molecular flexibility index (Phi) is 2.31. The zero-order chi connectivity index (χ0) is 11.7. The van der Waals surface area contributed by atoms with Gasteiger partial charge in [-0.2, -0.15) is 0 Å². The molecule has 2 aromatic heterocycles. The van der Waals surface area contributed by atoms with Crippen LogP contribution < -0.4 is 5.73 Å². The number of nitrogens with zero attached hydrogens (tertiary/aromatic N) is 4. The summed E-state index contributed by atoms with van der Waals surface area (Å²) in [6.07, 6.45) is 5.12. The van der Waals surface area contributed by atoms with E-state index in [1.807, 2.05) is 28.8 Å². The Hall–Kier alpha value is -2.27. The quantitative estimate of drug-likeness (QED) is 0.713. The summed E-state index contributed by atoms with van der Waals surface area (Å²) in [6.45, 7) is 0.382. The standard InChI is InChI=1S/C12H11N5/c13-5-9-6-14-7-12(16-9)17-8-15-10-3-1-2-4-11(10)17/h1-4,6-8H,5,13H2. The van der Waals surface area contributed by atoms with Crippen molar-refractivity contribution < 1.29 is 0 Å². The molecule has 5 heteroatoms. The van der Waals surface area contributed by atoms with Crippen LogP contribution in [0.5, 0.6) is 0 Å². The van der Waals surface area contributed by atoms with Gasteiger partial charge in [-0.3, -0.25) is 9.55 Å². The van der Waals surface area contributed by atoms with E-state index in [0.29, 0.717) is 6.54 Å². The average molecular weight is 225 g/mol. The zero-order valence-corrected chi connectivity index (χ0v) is 9.11. The third kappa shape index (κ3) is 1.66. The molecule has 0 aliphatic heterocycles. The first-order chi connectivity index (χ1) is 8.38. The largest absolute Gasteiger partial charge is 0.325 e. The molecule has 1 aromatic carbocycles. The van der Waals surface area contributed by atoms with Crippen LogP contribution in [0, 0.1) is 0 Å². The van der Waals surface area contributed by atoms with Crippen molar-refractivity contribution in [2.45, 2.75) is 6.54 Å². The summed E-state index contributed by atoms with van der Waals surface area (Å²) in [5.74, 6) is 0.738. The molecule has 0 spiro atoms. The van der Waals surface area contributed by atoms with E-state index in [0.717, 1.165) is 22.5 Å². The molecular weight excluding hydrogens is 214 g/mol. The number of rotatable bonds is 2. The lowest BCUT2D eigenvalue weighted by atomic mass is 10.3. The normalized spacial score (nSPS) is 10.9. The van der Waals surface area contributed by atoms with Gasteiger partial charge in [-0.05, 0) is 12.1 Å². The second-order valence-corrected chi connectivity index (χ2v) is 3.68. The van der Waals surface area contributed by atoms with Crippen molar-refractivity contribution in [2.75, 3.05) is 0 Å². The number of para-hydroxylation sites is 2. The number of hydrogen-bond donors (Lipinski definition) is 1. The number of imidazole rings is 1. The summed E-state index contributed by atoms with van der Waals surface area (Å²) >= 11 is 0. The SMILES string of the molecule is NCc1cncc(-n2cnc3ccccc32)n1. The van der Waals surface area contributed by atoms with Crippen molar-refractivity contribution in [3.63, 3.8) is 0 Å². The fraction of sp³-hybridized carbons (Fsp3) is 0.0833. The minimum atomic E-state index is 0.382. The van der Waals surface area contributed by atoms with Crippen molar-refractivity contribution in [1.82, 2.24) is 19.5 Å². The summed E-state index contributed by atoms with van der Waals surface area (Å²) in [5, 5.41) is 0. The van der Waals surface area contributed by atoms with E-state index in [-0.39, 0.29) is 0 Å². The second-order valence-electron chi connectivity index (χ2n) is 3.68. The van der Waals surface area contributed by atoms with Crippen molar-refractivity contribution in [2.24, 2.45) is 5.73 Å². The molecule has 0 unspecified atom stereocenters. The molecule has 2 N–H and O–H groups in total. The molecule has 17 heavy (non-hydrogen) atoms. The Morgan fingerprint density at radius 3 is 2.94 bits per heavy atom. The molecule has 0 bridgehead atoms. The van der Waals surface area contributed by atoms with Gasteiger partial charge in [0.1, 0.15) is 6.33 Å². The Labute approximate surface area is 98.0 Å². The Balaban J connectivity index is 2.20. The van der Waals surface area contributed by atoms with Crippen LogP contribution in [0.25, 0.3) is 16.9 Å². The van der Waals surface area contributed by atoms with Gasteiger partial charge >= 0.3 is 0 Å². The fourth-order valence-electron chi connectivity index (χ4n) is 1.75. The van der Waals surface area contributed by atoms with Crippen LogP contribution in [0.4, 0.5) is 0 Å². The highest BCUT2D eigenvalue weighted by Gasteiger charge is 2.05. The van der Waals surface area contributed by atoms with Gasteiger partial charge < -0.3 is 5.73 Å². The monoisotopic (exact) mass is 225 g/mol. The van der Waals surface area contributed by atoms with E-state index in [2.05, 4.69) is 15.0 Å². The van der Waals surface area contributed by atoms with Crippen molar-refractivity contribution in [3.8, 4) is 5.82 Å². The minimum absolute atomic E-state index is 0.382. The van der Waals surface area contributed by atoms with Gasteiger partial charge in [-0.25, -0.2) is 9.97 Å². The van der Waals surface area contributed by atoms with E-state index in [1.54, 1.807) is 18.7 Å². The van der Waals surface area contributed by atoms with Crippen LogP contribution in [0.1, 0.15) is 5.69 Å². The molecule has 0 saturated carbocycles. The lowest BCUT2D eigenvalue weighted by molar-refractivity contribution is 0.911. The number of hydrogen-bond acceptors (Lipinski definition) is 4. The van der Waals surface area contributed by atoms with E-state index >= 15 is 0 Å². The number of aromatic nitrogens is 4. The van der Waals surface area contributed by atoms with Gasteiger partial charge in [0.05, 0.1) is 22.9 Å². The summed E-state index contributed by atoms with van der Waals surface area (Å²) in [4.78, 5) is 12.9. The fourth-order valence-corrected chi connectivity index (χ4v) is 1.75. The molecule has 0 amide bonds. The molecule has 3 aromatic rings. The molecule has 0 atom stereocenters. The number of benzene rings is 1. The molecule has 0 aliphatic rings. The third-order valence-corrected chi connectivity index (χ3v) is 2.58. The highest BCUT2D eigenvalue weighted by Crippen LogP contribution is 2.15. The summed E-state index contributed by atoms with van der Waals surface area (Å²) in [5.41, 5.74) is 8.27. The Morgan fingerprint density at radius 1 is 1.18 bits per heavy atom. The smallest absolute Gasteiger partial charge is 0.157 e. The second kappa shape index (κ2) is 3.95. The molecule has 3 rings (SSSR count). The molecule has 2 heterocycles. The predicted molar refractivity (Wildman–Crippen MR) is 64.6 cm³/mol. The molecule has 0 radical (unpaired) electrons. The number of fused-ring (bicyclic) bond motifs is 1. The molecule has 0 saturated heterocycles. The maximum atomic E-state index is 5.56. The van der Waals surface area contributed by atoms with E-state index in [1.165, 1.54) is 0 Å². The van der Waals surface area contributed by atoms with E-state index in [4.69, 9.17) is 5.73 Å². The maximum absolute atomic E-state index is 5.56. The Bertz CT molecular complexity index is 659. The average Bonchev–Trinajstić information content (AvgIpc) is 2.82. The summed E-state index contributed by atoms with van der Waals surface area (Å²) < 4.78 is 1.90. The van der Waals surface area contributed by atoms with Crippen molar-refractivity contribution >= 4 is 11.0 Å². The van der Waals surface area contributed by atoms with Crippen molar-refractivity contribution in [3.05, 3.63) is 48.7 Å². The molecule has 84 valence electrons. The molecular formula is C12H11N5. The predicted octanol–water partition coefficient (Wildman–Crippen LogP) is 1.27. The first kappa shape index (κ1) is 9.92. The van der Waals surface area contributed by atoms with Crippen LogP contribution in [0.15, 0.2) is 43.0 Å². The summed E-state index contributed by atoms with van der Waals surface area (Å²) in [6, 6.07) is 7.90. The summed E-state index contributed by atoms with van der Waals surface area (Å²) in [7, 11) is 0. The highest BCUT2D eigenvalue weighted by molar-refractivity contribution is 5.76. The van der Waals surface area contributed by atoms with Crippen LogP contribution in [-0.4, -0.2) is 19.5 Å². The van der Waals surface area contributed by atoms with Gasteiger partial charge in [0.25, 0.3) is 0 Å². The lowest BCUT2D eigenvalue weighted by Gasteiger charge is -2.03. The first-order valence-electron chi connectivity index (χ1n) is 5.32. The van der Waals surface area contributed by atoms with Gasteiger partial charge in [0.2, 0.25) is 0 Å². The van der Waals surface area contributed by atoms with Gasteiger partial charge in [0.15, 0.2) is 5.82 Å². The van der Waals surface area contributed by atoms with Gasteiger partial charge in [-0.1, -0.05) is 12.1 Å². The van der Waals surface area contributed by atoms with Crippen LogP contribution in [0.3, 0.4) is 0 Å². The van der Waals surface area contributed by atoms with E-state index in [9.17, 15) is 0 Å². The molecule has 0 aliphatic carbocycles. The number of nitrogens with two attached hydrogens (primary N) is 1. The van der Waals surface area contributed by atoms with Crippen molar-refractivity contribution in [1.29, 1.82) is 0 Å². The van der Waals surface area contributed by atoms with Crippen LogP contribution >= 0.6 is 0 Å². The maximum Gasteiger partial charge on any atom is 0.157 e. The minimum Gasteiger partial charge on any atom is -0.325 e. The third-order valence-electron chi connectivity index (χ3n) is 2.58. The molecule has 0 fully saturated rings. The van der Waals surface area contributed by atoms with E-state index < -0.39 is 0 Å². The van der Waals surface area contributed by atoms with Gasteiger partial charge in [0, 0.05) is 12.7 Å². The van der Waals surface area contributed by atoms with Crippen LogP contribution in [-0.2, 0) is 6.54 Å².